The van der Waals surface area contributed by atoms with E-state index in [1.807, 2.05) is 24.3 Å². The molecule has 1 aromatic carbocycles. The molecule has 0 unspecified atom stereocenters. The van der Waals surface area contributed by atoms with Crippen molar-refractivity contribution in [3.8, 4) is 17.1 Å². The van der Waals surface area contributed by atoms with Crippen molar-refractivity contribution in [1.82, 2.24) is 20.2 Å². The third kappa shape index (κ3) is 1.71. The van der Waals surface area contributed by atoms with Gasteiger partial charge in [0.1, 0.15) is 11.6 Å². The van der Waals surface area contributed by atoms with Crippen molar-refractivity contribution in [3.05, 3.63) is 36.7 Å². The van der Waals surface area contributed by atoms with Gasteiger partial charge < -0.3 is 9.72 Å². The standard InChI is InChI=1S/C12H10N4O/c1-17-9-2-3-10-11(6-9)16-12(15-10)8-4-5-13-14-7-8/h2-7H,1H3,(H,15,16). The van der Waals surface area contributed by atoms with E-state index in [1.165, 1.54) is 0 Å². The predicted molar refractivity (Wildman–Crippen MR) is 63.7 cm³/mol. The minimum Gasteiger partial charge on any atom is -0.497 e. The zero-order chi connectivity index (χ0) is 11.7. The molecular formula is C12H10N4O. The van der Waals surface area contributed by atoms with Crippen LogP contribution < -0.4 is 4.74 Å². The first-order valence-corrected chi connectivity index (χ1v) is 5.17. The number of benzene rings is 1. The van der Waals surface area contributed by atoms with Crippen LogP contribution >= 0.6 is 0 Å². The lowest BCUT2D eigenvalue weighted by atomic mass is 10.3. The Labute approximate surface area is 97.5 Å². The van der Waals surface area contributed by atoms with Gasteiger partial charge in [-0.1, -0.05) is 0 Å². The van der Waals surface area contributed by atoms with Gasteiger partial charge in [-0.3, -0.25) is 0 Å². The van der Waals surface area contributed by atoms with Crippen LogP contribution in [0.3, 0.4) is 0 Å². The quantitative estimate of drug-likeness (QED) is 0.726. The molecule has 0 amide bonds. The zero-order valence-electron chi connectivity index (χ0n) is 9.21. The summed E-state index contributed by atoms with van der Waals surface area (Å²) in [7, 11) is 1.64. The molecule has 17 heavy (non-hydrogen) atoms. The Kier molecular flexibility index (Phi) is 2.22. The molecule has 5 heteroatoms. The van der Waals surface area contributed by atoms with Gasteiger partial charge in [-0.05, 0) is 18.2 Å². The first-order chi connectivity index (χ1) is 8.36. The fraction of sp³-hybridized carbons (Fsp3) is 0.0833. The third-order valence-electron chi connectivity index (χ3n) is 2.55. The summed E-state index contributed by atoms with van der Waals surface area (Å²) in [5, 5.41) is 7.57. The van der Waals surface area contributed by atoms with E-state index in [2.05, 4.69) is 20.2 Å². The average molecular weight is 226 g/mol. The Balaban J connectivity index is 2.14. The van der Waals surface area contributed by atoms with Gasteiger partial charge in [0, 0.05) is 11.6 Å². The van der Waals surface area contributed by atoms with Crippen LogP contribution in [0.5, 0.6) is 5.75 Å². The number of methoxy groups -OCH3 is 1. The molecule has 3 aromatic rings. The second-order valence-corrected chi connectivity index (χ2v) is 3.60. The van der Waals surface area contributed by atoms with Gasteiger partial charge in [0.15, 0.2) is 0 Å². The summed E-state index contributed by atoms with van der Waals surface area (Å²) < 4.78 is 5.17. The molecule has 3 rings (SSSR count). The lowest BCUT2D eigenvalue weighted by Gasteiger charge is -1.96. The zero-order valence-corrected chi connectivity index (χ0v) is 9.21. The maximum absolute atomic E-state index is 5.17. The highest BCUT2D eigenvalue weighted by Crippen LogP contribution is 2.22. The van der Waals surface area contributed by atoms with E-state index in [0.717, 1.165) is 28.2 Å². The first-order valence-electron chi connectivity index (χ1n) is 5.17. The molecule has 0 saturated heterocycles. The van der Waals surface area contributed by atoms with E-state index in [-0.39, 0.29) is 0 Å². The van der Waals surface area contributed by atoms with E-state index in [4.69, 9.17) is 4.74 Å². The SMILES string of the molecule is COc1ccc2nc(-c3ccnnc3)[nH]c2c1. The second-order valence-electron chi connectivity index (χ2n) is 3.60. The van der Waals surface area contributed by atoms with Crippen molar-refractivity contribution in [1.29, 1.82) is 0 Å². The summed E-state index contributed by atoms with van der Waals surface area (Å²) in [5.74, 6) is 1.59. The molecule has 5 nitrogen and oxygen atoms in total. The first kappa shape index (κ1) is 9.77. The highest BCUT2D eigenvalue weighted by molar-refractivity contribution is 5.80. The lowest BCUT2D eigenvalue weighted by molar-refractivity contribution is 0.415. The number of H-pyrrole nitrogens is 1. The van der Waals surface area contributed by atoms with Crippen molar-refractivity contribution in [2.45, 2.75) is 0 Å². The molecule has 0 atom stereocenters. The van der Waals surface area contributed by atoms with Gasteiger partial charge in [-0.25, -0.2) is 4.98 Å². The highest BCUT2D eigenvalue weighted by atomic mass is 16.5. The van der Waals surface area contributed by atoms with Gasteiger partial charge in [0.2, 0.25) is 0 Å². The fourth-order valence-corrected chi connectivity index (χ4v) is 1.68. The molecular weight excluding hydrogens is 216 g/mol. The van der Waals surface area contributed by atoms with Crippen molar-refractivity contribution in [2.24, 2.45) is 0 Å². The van der Waals surface area contributed by atoms with Crippen LogP contribution in [-0.4, -0.2) is 27.3 Å². The average Bonchev–Trinajstić information content (AvgIpc) is 2.82. The largest absolute Gasteiger partial charge is 0.497 e. The normalized spacial score (nSPS) is 10.6. The Hall–Kier alpha value is -2.43. The molecule has 0 spiro atoms. The summed E-state index contributed by atoms with van der Waals surface area (Å²) in [6.45, 7) is 0. The van der Waals surface area contributed by atoms with Gasteiger partial charge in [-0.2, -0.15) is 10.2 Å². The number of fused-ring (bicyclic) bond motifs is 1. The van der Waals surface area contributed by atoms with Crippen LogP contribution in [0, 0.1) is 0 Å². The maximum atomic E-state index is 5.17. The van der Waals surface area contributed by atoms with Crippen molar-refractivity contribution in [3.63, 3.8) is 0 Å². The molecule has 0 bridgehead atoms. The molecule has 0 radical (unpaired) electrons. The number of imidazole rings is 1. The Morgan fingerprint density at radius 3 is 2.88 bits per heavy atom. The minimum absolute atomic E-state index is 0.781. The van der Waals surface area contributed by atoms with Gasteiger partial charge in [0.05, 0.1) is 30.5 Å². The van der Waals surface area contributed by atoms with Crippen molar-refractivity contribution < 1.29 is 4.74 Å². The molecule has 0 fully saturated rings. The van der Waals surface area contributed by atoms with Crippen molar-refractivity contribution in [2.75, 3.05) is 7.11 Å². The summed E-state index contributed by atoms with van der Waals surface area (Å²) in [6.07, 6.45) is 3.32. The van der Waals surface area contributed by atoms with Crippen LogP contribution in [0.2, 0.25) is 0 Å². The summed E-state index contributed by atoms with van der Waals surface area (Å²) >= 11 is 0. The lowest BCUT2D eigenvalue weighted by Crippen LogP contribution is -1.83. The number of aromatic nitrogens is 4. The number of aromatic amines is 1. The van der Waals surface area contributed by atoms with Crippen molar-refractivity contribution >= 4 is 11.0 Å². The number of rotatable bonds is 2. The Morgan fingerprint density at radius 2 is 2.12 bits per heavy atom. The summed E-state index contributed by atoms with van der Waals surface area (Å²) in [5.41, 5.74) is 2.75. The molecule has 1 N–H and O–H groups in total. The molecule has 0 saturated carbocycles. The highest BCUT2D eigenvalue weighted by Gasteiger charge is 2.05. The number of hydrogen-bond acceptors (Lipinski definition) is 4. The van der Waals surface area contributed by atoms with Crippen LogP contribution in [0.4, 0.5) is 0 Å². The van der Waals surface area contributed by atoms with Gasteiger partial charge >= 0.3 is 0 Å². The molecule has 0 aliphatic rings. The van der Waals surface area contributed by atoms with Crippen LogP contribution in [0.15, 0.2) is 36.7 Å². The monoisotopic (exact) mass is 226 g/mol. The number of hydrogen-bond donors (Lipinski definition) is 1. The van der Waals surface area contributed by atoms with Gasteiger partial charge in [0.25, 0.3) is 0 Å². The molecule has 0 aliphatic carbocycles. The molecule has 0 aliphatic heterocycles. The molecule has 84 valence electrons. The van der Waals surface area contributed by atoms with E-state index in [0.29, 0.717) is 0 Å². The topological polar surface area (TPSA) is 63.7 Å². The fourth-order valence-electron chi connectivity index (χ4n) is 1.68. The smallest absolute Gasteiger partial charge is 0.140 e. The summed E-state index contributed by atoms with van der Waals surface area (Å²) in [4.78, 5) is 7.71. The molecule has 2 aromatic heterocycles. The Bertz CT molecular complexity index is 648. The van der Waals surface area contributed by atoms with Crippen LogP contribution in [0.25, 0.3) is 22.4 Å². The third-order valence-corrected chi connectivity index (χ3v) is 2.55. The van der Waals surface area contributed by atoms with Gasteiger partial charge in [-0.15, -0.1) is 0 Å². The maximum Gasteiger partial charge on any atom is 0.140 e. The van der Waals surface area contributed by atoms with Crippen LogP contribution in [-0.2, 0) is 0 Å². The summed E-state index contributed by atoms with van der Waals surface area (Å²) in [6, 6.07) is 7.59. The molecule has 2 heterocycles. The predicted octanol–water partition coefficient (Wildman–Crippen LogP) is 2.03. The number of ether oxygens (including phenoxy) is 1. The number of nitrogens with one attached hydrogen (secondary N) is 1. The number of nitrogens with zero attached hydrogens (tertiary/aromatic N) is 3. The minimum atomic E-state index is 0.781. The second kappa shape index (κ2) is 3.86. The van der Waals surface area contributed by atoms with E-state index >= 15 is 0 Å². The van der Waals surface area contributed by atoms with E-state index in [1.54, 1.807) is 19.5 Å². The van der Waals surface area contributed by atoms with E-state index in [9.17, 15) is 0 Å². The Morgan fingerprint density at radius 1 is 1.18 bits per heavy atom. The van der Waals surface area contributed by atoms with E-state index < -0.39 is 0 Å². The van der Waals surface area contributed by atoms with Crippen LogP contribution in [0.1, 0.15) is 0 Å².